The lowest BCUT2D eigenvalue weighted by Gasteiger charge is -2.12. The van der Waals surface area contributed by atoms with Gasteiger partial charge in [0.25, 0.3) is 0 Å². The predicted octanol–water partition coefficient (Wildman–Crippen LogP) is 2.64. The standard InChI is InChI=1S/C22H27N5O3S/c1-16-11-17(2)27(24-16)14-18-7-5-9-20(12-18)22(23)25-30-15-19-8-6-10-21(13-19)31(28,29)26(3)4/h5-13H,14-15H2,1-4H3,(H2,23,25). The molecule has 3 aromatic rings. The number of nitrogens with zero attached hydrogens (tertiary/aromatic N) is 4. The lowest BCUT2D eigenvalue weighted by Crippen LogP contribution is -2.22. The molecule has 8 nitrogen and oxygen atoms in total. The van der Waals surface area contributed by atoms with E-state index in [1.54, 1.807) is 24.3 Å². The topological polar surface area (TPSA) is 103 Å². The smallest absolute Gasteiger partial charge is 0.242 e. The maximum Gasteiger partial charge on any atom is 0.242 e. The van der Waals surface area contributed by atoms with E-state index >= 15 is 0 Å². The van der Waals surface area contributed by atoms with Crippen LogP contribution >= 0.6 is 0 Å². The second kappa shape index (κ2) is 9.32. The van der Waals surface area contributed by atoms with E-state index in [0.717, 1.165) is 22.5 Å². The van der Waals surface area contributed by atoms with E-state index in [4.69, 9.17) is 10.6 Å². The molecule has 3 rings (SSSR count). The summed E-state index contributed by atoms with van der Waals surface area (Å²) >= 11 is 0. The average Bonchev–Trinajstić information content (AvgIpc) is 3.04. The van der Waals surface area contributed by atoms with Gasteiger partial charge in [-0.1, -0.05) is 35.5 Å². The molecule has 0 radical (unpaired) electrons. The zero-order valence-corrected chi connectivity index (χ0v) is 18.9. The third-order valence-corrected chi connectivity index (χ3v) is 6.54. The minimum Gasteiger partial charge on any atom is -0.389 e. The van der Waals surface area contributed by atoms with Gasteiger partial charge in [0, 0.05) is 25.4 Å². The summed E-state index contributed by atoms with van der Waals surface area (Å²) in [6.45, 7) is 4.72. The van der Waals surface area contributed by atoms with Gasteiger partial charge in [0.2, 0.25) is 10.0 Å². The highest BCUT2D eigenvalue weighted by atomic mass is 32.2. The van der Waals surface area contributed by atoms with Gasteiger partial charge in [0.1, 0.15) is 6.61 Å². The maximum absolute atomic E-state index is 12.3. The molecule has 0 amide bonds. The van der Waals surface area contributed by atoms with Crippen LogP contribution in [0.2, 0.25) is 0 Å². The zero-order chi connectivity index (χ0) is 22.6. The molecule has 0 spiro atoms. The minimum atomic E-state index is -3.51. The van der Waals surface area contributed by atoms with Gasteiger partial charge in [-0.15, -0.1) is 0 Å². The number of hydrogen-bond acceptors (Lipinski definition) is 5. The van der Waals surface area contributed by atoms with Crippen molar-refractivity contribution in [2.45, 2.75) is 31.9 Å². The van der Waals surface area contributed by atoms with E-state index in [0.29, 0.717) is 12.1 Å². The van der Waals surface area contributed by atoms with E-state index in [-0.39, 0.29) is 17.3 Å². The first-order valence-corrected chi connectivity index (χ1v) is 11.2. The minimum absolute atomic E-state index is 0.100. The number of hydrogen-bond donors (Lipinski definition) is 1. The summed E-state index contributed by atoms with van der Waals surface area (Å²) in [6.07, 6.45) is 0. The normalized spacial score (nSPS) is 12.4. The van der Waals surface area contributed by atoms with Gasteiger partial charge < -0.3 is 10.6 Å². The van der Waals surface area contributed by atoms with Gasteiger partial charge in [-0.3, -0.25) is 4.68 Å². The molecule has 2 aromatic carbocycles. The van der Waals surface area contributed by atoms with E-state index in [9.17, 15) is 8.42 Å². The lowest BCUT2D eigenvalue weighted by molar-refractivity contribution is 0.130. The summed E-state index contributed by atoms with van der Waals surface area (Å²) in [6, 6.07) is 16.3. The van der Waals surface area contributed by atoms with Gasteiger partial charge in [-0.2, -0.15) is 5.10 Å². The maximum atomic E-state index is 12.3. The van der Waals surface area contributed by atoms with Crippen molar-refractivity contribution >= 4 is 15.9 Å². The zero-order valence-electron chi connectivity index (χ0n) is 18.1. The number of nitrogens with two attached hydrogens (primary N) is 1. The Morgan fingerprint density at radius 2 is 1.81 bits per heavy atom. The summed E-state index contributed by atoms with van der Waals surface area (Å²) in [7, 11) is -0.521. The van der Waals surface area contributed by atoms with Crippen molar-refractivity contribution < 1.29 is 13.3 Å². The Morgan fingerprint density at radius 3 is 2.48 bits per heavy atom. The fourth-order valence-corrected chi connectivity index (χ4v) is 4.05. The molecule has 0 aliphatic rings. The number of benzene rings is 2. The van der Waals surface area contributed by atoms with Crippen molar-refractivity contribution in [3.63, 3.8) is 0 Å². The lowest BCUT2D eigenvalue weighted by atomic mass is 10.1. The van der Waals surface area contributed by atoms with E-state index < -0.39 is 10.0 Å². The van der Waals surface area contributed by atoms with Gasteiger partial charge >= 0.3 is 0 Å². The molecular weight excluding hydrogens is 414 g/mol. The second-order valence-corrected chi connectivity index (χ2v) is 9.62. The van der Waals surface area contributed by atoms with Crippen molar-refractivity contribution in [2.75, 3.05) is 14.1 Å². The first kappa shape index (κ1) is 22.5. The summed E-state index contributed by atoms with van der Waals surface area (Å²) in [5, 5.41) is 8.48. The molecule has 164 valence electrons. The van der Waals surface area contributed by atoms with Crippen molar-refractivity contribution in [3.8, 4) is 0 Å². The predicted molar refractivity (Wildman–Crippen MR) is 120 cm³/mol. The molecule has 0 atom stereocenters. The van der Waals surface area contributed by atoms with Crippen molar-refractivity contribution in [3.05, 3.63) is 82.7 Å². The molecule has 0 saturated heterocycles. The van der Waals surface area contributed by atoms with Crippen LogP contribution in [0, 0.1) is 13.8 Å². The summed E-state index contributed by atoms with van der Waals surface area (Å²) < 4.78 is 27.6. The highest BCUT2D eigenvalue weighted by molar-refractivity contribution is 7.89. The molecule has 0 aliphatic heterocycles. The van der Waals surface area contributed by atoms with Crippen LogP contribution < -0.4 is 5.73 Å². The first-order valence-electron chi connectivity index (χ1n) is 9.74. The van der Waals surface area contributed by atoms with Crippen LogP contribution in [0.1, 0.15) is 28.1 Å². The van der Waals surface area contributed by atoms with E-state index in [1.165, 1.54) is 18.4 Å². The molecule has 0 fully saturated rings. The fourth-order valence-electron chi connectivity index (χ4n) is 3.07. The Bertz CT molecular complexity index is 1200. The number of rotatable bonds is 8. The highest BCUT2D eigenvalue weighted by Crippen LogP contribution is 2.16. The summed E-state index contributed by atoms with van der Waals surface area (Å²) in [5.41, 5.74) is 10.6. The van der Waals surface area contributed by atoms with E-state index in [1.807, 2.05) is 48.9 Å². The third-order valence-electron chi connectivity index (χ3n) is 4.73. The van der Waals surface area contributed by atoms with Gasteiger partial charge in [0.05, 0.1) is 17.1 Å². The van der Waals surface area contributed by atoms with Gasteiger partial charge in [-0.25, -0.2) is 12.7 Å². The Hall–Kier alpha value is -3.17. The van der Waals surface area contributed by atoms with Crippen LogP contribution in [-0.4, -0.2) is 42.4 Å². The first-order chi connectivity index (χ1) is 14.7. The number of sulfonamides is 1. The van der Waals surface area contributed by atoms with Crippen LogP contribution in [0.25, 0.3) is 0 Å². The molecule has 0 unspecified atom stereocenters. The number of aromatic nitrogens is 2. The van der Waals surface area contributed by atoms with Crippen LogP contribution in [0.5, 0.6) is 0 Å². The molecule has 0 bridgehead atoms. The third kappa shape index (κ3) is 5.50. The monoisotopic (exact) mass is 441 g/mol. The second-order valence-electron chi connectivity index (χ2n) is 7.47. The number of amidine groups is 1. The molecule has 31 heavy (non-hydrogen) atoms. The quantitative estimate of drug-likeness (QED) is 0.329. The van der Waals surface area contributed by atoms with Gasteiger partial charge in [-0.05, 0) is 49.2 Å². The van der Waals surface area contributed by atoms with E-state index in [2.05, 4.69) is 10.3 Å². The summed E-state index contributed by atoms with van der Waals surface area (Å²) in [4.78, 5) is 5.58. The van der Waals surface area contributed by atoms with Crippen molar-refractivity contribution in [1.29, 1.82) is 0 Å². The molecule has 2 N–H and O–H groups in total. The molecular formula is C22H27N5O3S. The Morgan fingerprint density at radius 1 is 1.10 bits per heavy atom. The SMILES string of the molecule is Cc1cc(C)n(Cc2cccc(/C(N)=N\OCc3cccc(S(=O)(=O)N(C)C)c3)c2)n1. The molecule has 0 aliphatic carbocycles. The molecule has 1 aromatic heterocycles. The summed E-state index contributed by atoms with van der Waals surface area (Å²) in [5.74, 6) is 0.243. The largest absolute Gasteiger partial charge is 0.389 e. The number of oxime groups is 1. The molecule has 0 saturated carbocycles. The Labute approximate surface area is 183 Å². The fraction of sp³-hybridized carbons (Fsp3) is 0.273. The highest BCUT2D eigenvalue weighted by Gasteiger charge is 2.17. The number of aryl methyl sites for hydroxylation is 2. The van der Waals surface area contributed by atoms with Crippen LogP contribution in [-0.2, 0) is 28.0 Å². The van der Waals surface area contributed by atoms with Crippen LogP contribution in [0.15, 0.2) is 64.6 Å². The molecule has 1 heterocycles. The Balaban J connectivity index is 1.68. The van der Waals surface area contributed by atoms with Crippen LogP contribution in [0.3, 0.4) is 0 Å². The molecule has 9 heteroatoms. The van der Waals surface area contributed by atoms with Crippen molar-refractivity contribution in [2.24, 2.45) is 10.9 Å². The average molecular weight is 442 g/mol. The van der Waals surface area contributed by atoms with Crippen LogP contribution in [0.4, 0.5) is 0 Å². The van der Waals surface area contributed by atoms with Gasteiger partial charge in [0.15, 0.2) is 5.84 Å². The van der Waals surface area contributed by atoms with Crippen molar-refractivity contribution in [1.82, 2.24) is 14.1 Å². The Kier molecular flexibility index (Phi) is 6.77.